The van der Waals surface area contributed by atoms with Crippen molar-refractivity contribution < 1.29 is 0 Å². The van der Waals surface area contributed by atoms with Crippen molar-refractivity contribution in [2.75, 3.05) is 0 Å². The number of hydrogen-bond donors (Lipinski definition) is 0. The molecule has 8 heteroatoms. The zero-order chi connectivity index (χ0) is 23.4. The van der Waals surface area contributed by atoms with Gasteiger partial charge in [-0.2, -0.15) is 0 Å². The molecule has 1 aliphatic rings. The highest BCUT2D eigenvalue weighted by Gasteiger charge is 2.26. The van der Waals surface area contributed by atoms with Crippen LogP contribution in [0.5, 0.6) is 0 Å². The average Bonchev–Trinajstić information content (AvgIpc) is 2.88. The van der Waals surface area contributed by atoms with Gasteiger partial charge < -0.3 is 0 Å². The summed E-state index contributed by atoms with van der Waals surface area (Å²) in [6.45, 7) is 0. The number of allylic oxidation sites excluding steroid dienone is 2. The molecule has 0 fully saturated rings. The molecule has 0 bridgehead atoms. The minimum Gasteiger partial charge on any atom is -0.150 e. The van der Waals surface area contributed by atoms with Crippen LogP contribution in [0.25, 0.3) is 48.0 Å². The van der Waals surface area contributed by atoms with Crippen molar-refractivity contribution in [3.63, 3.8) is 0 Å². The Balaban J connectivity index is 1.63. The van der Waals surface area contributed by atoms with Gasteiger partial charge in [0.05, 0.1) is 5.69 Å². The van der Waals surface area contributed by atoms with Crippen molar-refractivity contribution in [3.8, 4) is 0 Å². The van der Waals surface area contributed by atoms with Gasteiger partial charge in [-0.15, -0.1) is 10.2 Å². The Kier molecular flexibility index (Phi) is 5.50. The second-order valence-corrected chi connectivity index (χ2v) is 7.84. The maximum absolute atomic E-state index is 8.90. The Morgan fingerprint density at radius 1 is 0.706 bits per heavy atom. The number of azide groups is 1. The van der Waals surface area contributed by atoms with Gasteiger partial charge in [-0.3, -0.25) is 0 Å². The molecule has 0 N–H and O–H groups in total. The van der Waals surface area contributed by atoms with Crippen LogP contribution in [0.15, 0.2) is 118 Å². The highest BCUT2D eigenvalue weighted by molar-refractivity contribution is 6.00. The Hall–Kier alpha value is -4.90. The Morgan fingerprint density at radius 2 is 1.38 bits per heavy atom. The summed E-state index contributed by atoms with van der Waals surface area (Å²) in [5, 5.41) is 20.9. The van der Waals surface area contributed by atoms with Crippen LogP contribution in [0.4, 0.5) is 11.4 Å². The topological polar surface area (TPSA) is 122 Å². The van der Waals surface area contributed by atoms with Crippen molar-refractivity contribution >= 4 is 38.5 Å². The summed E-state index contributed by atoms with van der Waals surface area (Å²) >= 11 is 0. The molecule has 0 amide bonds. The SMILES string of the molecule is [N-]=[N+]=NC1(N=[N+]=[N-])C=CC(c2ccc3ccccc3c2N=Nc2cccc3ccccc23)=CC1. The third-order valence-corrected chi connectivity index (χ3v) is 5.82. The van der Waals surface area contributed by atoms with Gasteiger partial charge in [0.25, 0.3) is 0 Å². The first-order chi connectivity index (χ1) is 16.7. The van der Waals surface area contributed by atoms with Gasteiger partial charge in [0, 0.05) is 26.2 Å². The molecular formula is C26H18N8. The van der Waals surface area contributed by atoms with Crippen LogP contribution >= 0.6 is 0 Å². The number of nitrogens with zero attached hydrogens (tertiary/aromatic N) is 8. The largest absolute Gasteiger partial charge is 0.150 e. The van der Waals surface area contributed by atoms with E-state index >= 15 is 0 Å². The third-order valence-electron chi connectivity index (χ3n) is 5.82. The zero-order valence-electron chi connectivity index (χ0n) is 18.0. The summed E-state index contributed by atoms with van der Waals surface area (Å²) in [6, 6.07) is 26.1. The monoisotopic (exact) mass is 442 g/mol. The highest BCUT2D eigenvalue weighted by Crippen LogP contribution is 2.39. The summed E-state index contributed by atoms with van der Waals surface area (Å²) in [6.07, 6.45) is 5.57. The second kappa shape index (κ2) is 8.92. The van der Waals surface area contributed by atoms with E-state index in [2.05, 4.69) is 37.3 Å². The predicted octanol–water partition coefficient (Wildman–Crippen LogP) is 9.07. The molecule has 4 aromatic carbocycles. The summed E-state index contributed by atoms with van der Waals surface area (Å²) in [7, 11) is 0. The third kappa shape index (κ3) is 3.87. The van der Waals surface area contributed by atoms with E-state index in [-0.39, 0.29) is 6.42 Å². The van der Waals surface area contributed by atoms with Gasteiger partial charge in [-0.05, 0) is 39.9 Å². The van der Waals surface area contributed by atoms with E-state index < -0.39 is 5.66 Å². The van der Waals surface area contributed by atoms with Crippen LogP contribution in [-0.4, -0.2) is 5.66 Å². The molecule has 0 aliphatic heterocycles. The fraction of sp³-hybridized carbons (Fsp3) is 0.0769. The molecule has 0 saturated carbocycles. The predicted molar refractivity (Wildman–Crippen MR) is 135 cm³/mol. The van der Waals surface area contributed by atoms with Crippen LogP contribution in [0.1, 0.15) is 12.0 Å². The summed E-state index contributed by atoms with van der Waals surface area (Å²) in [5.74, 6) is 0. The zero-order valence-corrected chi connectivity index (χ0v) is 18.0. The van der Waals surface area contributed by atoms with Crippen LogP contribution in [-0.2, 0) is 0 Å². The van der Waals surface area contributed by atoms with Crippen LogP contribution in [0, 0.1) is 0 Å². The van der Waals surface area contributed by atoms with E-state index in [1.807, 2.05) is 72.8 Å². The van der Waals surface area contributed by atoms with Crippen LogP contribution < -0.4 is 0 Å². The van der Waals surface area contributed by atoms with Crippen LogP contribution in [0.3, 0.4) is 0 Å². The number of rotatable bonds is 5. The lowest BCUT2D eigenvalue weighted by Gasteiger charge is -2.22. The summed E-state index contributed by atoms with van der Waals surface area (Å²) < 4.78 is 0. The molecule has 1 aliphatic carbocycles. The lowest BCUT2D eigenvalue weighted by molar-refractivity contribution is 0.551. The Labute approximate surface area is 194 Å². The number of benzene rings is 4. The van der Waals surface area contributed by atoms with E-state index in [0.29, 0.717) is 0 Å². The quantitative estimate of drug-likeness (QED) is 0.166. The minimum atomic E-state index is -1.28. The average molecular weight is 442 g/mol. The molecule has 0 spiro atoms. The van der Waals surface area contributed by atoms with Gasteiger partial charge in [0.2, 0.25) is 0 Å². The second-order valence-electron chi connectivity index (χ2n) is 7.84. The molecule has 162 valence electrons. The van der Waals surface area contributed by atoms with E-state index in [4.69, 9.17) is 16.2 Å². The first kappa shape index (κ1) is 21.0. The Bertz CT molecular complexity index is 1580. The molecule has 0 radical (unpaired) electrons. The van der Waals surface area contributed by atoms with E-state index in [0.717, 1.165) is 44.1 Å². The molecule has 8 nitrogen and oxygen atoms in total. The van der Waals surface area contributed by atoms with Crippen molar-refractivity contribution in [1.29, 1.82) is 0 Å². The number of azo groups is 1. The van der Waals surface area contributed by atoms with Crippen molar-refractivity contribution in [1.82, 2.24) is 0 Å². The molecule has 0 unspecified atom stereocenters. The molecule has 5 rings (SSSR count). The first-order valence-electron chi connectivity index (χ1n) is 10.7. The number of hydrogen-bond acceptors (Lipinski definition) is 4. The van der Waals surface area contributed by atoms with Crippen molar-refractivity contribution in [2.24, 2.45) is 20.5 Å². The minimum absolute atomic E-state index is 0.250. The smallest absolute Gasteiger partial charge is 0.149 e. The fourth-order valence-electron chi connectivity index (χ4n) is 4.14. The van der Waals surface area contributed by atoms with Gasteiger partial charge >= 0.3 is 0 Å². The molecule has 0 atom stereocenters. The molecular weight excluding hydrogens is 424 g/mol. The Morgan fingerprint density at radius 3 is 2.09 bits per heavy atom. The number of fused-ring (bicyclic) bond motifs is 2. The normalized spacial score (nSPS) is 17.4. The van der Waals surface area contributed by atoms with Gasteiger partial charge in [0.1, 0.15) is 11.4 Å². The summed E-state index contributed by atoms with van der Waals surface area (Å²) in [4.78, 5) is 5.68. The highest BCUT2D eigenvalue weighted by atomic mass is 15.3. The molecule has 34 heavy (non-hydrogen) atoms. The van der Waals surface area contributed by atoms with E-state index in [9.17, 15) is 0 Å². The van der Waals surface area contributed by atoms with Gasteiger partial charge in [-0.25, -0.2) is 0 Å². The standard InChI is InChI=1S/C26H18N8/c27-33-31-26(32-34-28)16-14-20(15-17-26)23-13-12-19-7-2-4-10-22(19)25(23)30-29-24-11-5-8-18-6-1-3-9-21(18)24/h1-16H,17H2. The van der Waals surface area contributed by atoms with Crippen molar-refractivity contribution in [3.05, 3.63) is 124 Å². The molecule has 0 saturated heterocycles. The van der Waals surface area contributed by atoms with Crippen molar-refractivity contribution in [2.45, 2.75) is 12.1 Å². The fourth-order valence-corrected chi connectivity index (χ4v) is 4.14. The summed E-state index contributed by atoms with van der Waals surface area (Å²) in [5.41, 5.74) is 19.8. The van der Waals surface area contributed by atoms with Crippen LogP contribution in [0.2, 0.25) is 0 Å². The molecule has 4 aromatic rings. The van der Waals surface area contributed by atoms with E-state index in [1.54, 1.807) is 12.2 Å². The van der Waals surface area contributed by atoms with Gasteiger partial charge in [-0.1, -0.05) is 101 Å². The maximum atomic E-state index is 8.90. The van der Waals surface area contributed by atoms with Gasteiger partial charge in [0.15, 0.2) is 0 Å². The lowest BCUT2D eigenvalue weighted by Crippen LogP contribution is -2.20. The maximum Gasteiger partial charge on any atom is 0.149 e. The lowest BCUT2D eigenvalue weighted by atomic mass is 9.91. The molecule has 0 aromatic heterocycles. The van der Waals surface area contributed by atoms with E-state index in [1.165, 1.54) is 0 Å². The molecule has 0 heterocycles. The first-order valence-corrected chi connectivity index (χ1v) is 10.7.